The van der Waals surface area contributed by atoms with E-state index in [1.807, 2.05) is 43.3 Å². The molecule has 0 fully saturated rings. The molecule has 2 N–H and O–H groups in total. The minimum absolute atomic E-state index is 0.129. The van der Waals surface area contributed by atoms with Crippen molar-refractivity contribution in [1.82, 2.24) is 9.55 Å². The highest BCUT2D eigenvalue weighted by Gasteiger charge is 2.20. The van der Waals surface area contributed by atoms with Crippen LogP contribution in [0.2, 0.25) is 0 Å². The molecule has 134 valence electrons. The number of carbonyl (C=O) groups is 1. The smallest absolute Gasteiger partial charge is 0.263 e. The number of rotatable bonds is 7. The van der Waals surface area contributed by atoms with Crippen LogP contribution in [-0.2, 0) is 11.3 Å². The van der Waals surface area contributed by atoms with E-state index in [9.17, 15) is 9.59 Å². The normalized spacial score (nSPS) is 12.2. The van der Waals surface area contributed by atoms with Crippen LogP contribution in [0.1, 0.15) is 13.3 Å². The zero-order chi connectivity index (χ0) is 18.7. The Bertz CT molecular complexity index is 1010. The summed E-state index contributed by atoms with van der Waals surface area (Å²) in [5.74, 6) is -0.409. The number of fused-ring (bicyclic) bond motifs is 1. The SMILES string of the molecule is C=CCn1c(SC(CC)C(N)=O)nc2sc(-c3ccccc3)cc2c1=O. The Kier molecular flexibility index (Phi) is 5.58. The van der Waals surface area contributed by atoms with Crippen molar-refractivity contribution in [1.29, 1.82) is 0 Å². The summed E-state index contributed by atoms with van der Waals surface area (Å²) in [6, 6.07) is 11.8. The molecule has 1 atom stereocenters. The van der Waals surface area contributed by atoms with Gasteiger partial charge in [-0.05, 0) is 18.1 Å². The van der Waals surface area contributed by atoms with Gasteiger partial charge in [-0.15, -0.1) is 17.9 Å². The summed E-state index contributed by atoms with van der Waals surface area (Å²) in [5.41, 5.74) is 6.37. The number of hydrogen-bond acceptors (Lipinski definition) is 5. The van der Waals surface area contributed by atoms with Crippen LogP contribution < -0.4 is 11.3 Å². The molecule has 2 aromatic heterocycles. The van der Waals surface area contributed by atoms with Gasteiger partial charge in [-0.2, -0.15) is 0 Å². The summed E-state index contributed by atoms with van der Waals surface area (Å²) < 4.78 is 1.55. The van der Waals surface area contributed by atoms with Crippen molar-refractivity contribution in [2.24, 2.45) is 5.73 Å². The number of nitrogens with two attached hydrogens (primary N) is 1. The predicted octanol–water partition coefficient (Wildman–Crippen LogP) is 3.67. The molecule has 1 aromatic carbocycles. The number of aromatic nitrogens is 2. The van der Waals surface area contributed by atoms with Gasteiger partial charge < -0.3 is 5.73 Å². The van der Waals surface area contributed by atoms with Gasteiger partial charge in [0.25, 0.3) is 5.56 Å². The van der Waals surface area contributed by atoms with Gasteiger partial charge in [0.15, 0.2) is 5.16 Å². The van der Waals surface area contributed by atoms with E-state index < -0.39 is 11.2 Å². The first kappa shape index (κ1) is 18.4. The average molecular weight is 386 g/mol. The van der Waals surface area contributed by atoms with Crippen LogP contribution in [0.4, 0.5) is 0 Å². The standard InChI is InChI=1S/C19H19N3O2S2/c1-3-10-22-18(24)13-11-15(12-8-6-5-7-9-12)25-17(13)21-19(22)26-14(4-2)16(20)23/h3,5-9,11,14H,1,4,10H2,2H3,(H2,20,23). The monoisotopic (exact) mass is 385 g/mol. The highest BCUT2D eigenvalue weighted by atomic mass is 32.2. The lowest BCUT2D eigenvalue weighted by molar-refractivity contribution is -0.117. The molecule has 0 saturated carbocycles. The van der Waals surface area contributed by atoms with Crippen molar-refractivity contribution >= 4 is 39.2 Å². The van der Waals surface area contributed by atoms with Gasteiger partial charge in [0.2, 0.25) is 5.91 Å². The highest BCUT2D eigenvalue weighted by molar-refractivity contribution is 8.00. The fraction of sp³-hybridized carbons (Fsp3) is 0.211. The van der Waals surface area contributed by atoms with Crippen LogP contribution >= 0.6 is 23.1 Å². The Balaban J connectivity index is 2.15. The first-order chi connectivity index (χ1) is 12.5. The lowest BCUT2D eigenvalue weighted by atomic mass is 10.2. The zero-order valence-corrected chi connectivity index (χ0v) is 16.0. The molecule has 1 amide bonds. The largest absolute Gasteiger partial charge is 0.369 e. The summed E-state index contributed by atoms with van der Waals surface area (Å²) in [5, 5.41) is 0.644. The van der Waals surface area contributed by atoms with Gasteiger partial charge in [-0.3, -0.25) is 14.2 Å². The predicted molar refractivity (Wildman–Crippen MR) is 109 cm³/mol. The van der Waals surface area contributed by atoms with Gasteiger partial charge in [-0.1, -0.05) is 55.1 Å². The maximum atomic E-state index is 13.0. The van der Waals surface area contributed by atoms with E-state index in [2.05, 4.69) is 11.6 Å². The molecule has 2 heterocycles. The van der Waals surface area contributed by atoms with E-state index >= 15 is 0 Å². The molecule has 0 aliphatic carbocycles. The number of amides is 1. The van der Waals surface area contributed by atoms with Crippen molar-refractivity contribution in [2.45, 2.75) is 30.3 Å². The van der Waals surface area contributed by atoms with Crippen LogP contribution in [0.25, 0.3) is 20.7 Å². The van der Waals surface area contributed by atoms with Crippen molar-refractivity contribution in [3.8, 4) is 10.4 Å². The maximum absolute atomic E-state index is 13.0. The van der Waals surface area contributed by atoms with Crippen LogP contribution in [-0.4, -0.2) is 20.7 Å². The highest BCUT2D eigenvalue weighted by Crippen LogP contribution is 2.33. The van der Waals surface area contributed by atoms with E-state index in [0.717, 1.165) is 10.4 Å². The van der Waals surface area contributed by atoms with Crippen molar-refractivity contribution in [2.75, 3.05) is 0 Å². The molecule has 26 heavy (non-hydrogen) atoms. The van der Waals surface area contributed by atoms with E-state index in [1.165, 1.54) is 23.1 Å². The third kappa shape index (κ3) is 3.59. The number of allylic oxidation sites excluding steroid dienone is 1. The Morgan fingerprint density at radius 3 is 2.77 bits per heavy atom. The second-order valence-corrected chi connectivity index (χ2v) is 7.91. The Morgan fingerprint density at radius 1 is 1.42 bits per heavy atom. The number of thioether (sulfide) groups is 1. The second-order valence-electron chi connectivity index (χ2n) is 5.71. The van der Waals surface area contributed by atoms with Crippen LogP contribution in [0.5, 0.6) is 0 Å². The summed E-state index contributed by atoms with van der Waals surface area (Å²) in [6.45, 7) is 5.93. The third-order valence-corrected chi connectivity index (χ3v) is 6.37. The van der Waals surface area contributed by atoms with E-state index in [-0.39, 0.29) is 5.56 Å². The second kappa shape index (κ2) is 7.88. The molecule has 1 unspecified atom stereocenters. The zero-order valence-electron chi connectivity index (χ0n) is 14.3. The summed E-state index contributed by atoms with van der Waals surface area (Å²) in [6.07, 6.45) is 2.22. The number of hydrogen-bond donors (Lipinski definition) is 1. The van der Waals surface area contributed by atoms with Gasteiger partial charge in [-0.25, -0.2) is 4.98 Å². The lowest BCUT2D eigenvalue weighted by Gasteiger charge is -2.14. The Morgan fingerprint density at radius 2 is 2.15 bits per heavy atom. The first-order valence-corrected chi connectivity index (χ1v) is 9.91. The molecule has 3 aromatic rings. The fourth-order valence-electron chi connectivity index (χ4n) is 2.59. The summed E-state index contributed by atoms with van der Waals surface area (Å²) >= 11 is 2.70. The van der Waals surface area contributed by atoms with E-state index in [4.69, 9.17) is 5.73 Å². The van der Waals surface area contributed by atoms with Crippen LogP contribution in [0, 0.1) is 0 Å². The Labute approximate surface area is 159 Å². The number of thiophene rings is 1. The fourth-order valence-corrected chi connectivity index (χ4v) is 4.64. The van der Waals surface area contributed by atoms with Gasteiger partial charge >= 0.3 is 0 Å². The van der Waals surface area contributed by atoms with Gasteiger partial charge in [0.05, 0.1) is 10.6 Å². The average Bonchev–Trinajstić information content (AvgIpc) is 3.07. The minimum atomic E-state index is -0.427. The molecule has 0 radical (unpaired) electrons. The molecule has 0 bridgehead atoms. The van der Waals surface area contributed by atoms with Gasteiger partial charge in [0, 0.05) is 11.4 Å². The van der Waals surface area contributed by atoms with E-state index in [1.54, 1.807) is 10.6 Å². The topological polar surface area (TPSA) is 78.0 Å². The minimum Gasteiger partial charge on any atom is -0.369 e. The number of nitrogens with zero attached hydrogens (tertiary/aromatic N) is 2. The third-order valence-electron chi connectivity index (χ3n) is 3.92. The van der Waals surface area contributed by atoms with Crippen molar-refractivity contribution in [3.63, 3.8) is 0 Å². The Hall–Kier alpha value is -2.38. The summed E-state index contributed by atoms with van der Waals surface area (Å²) in [4.78, 5) is 30.9. The molecule has 7 heteroatoms. The summed E-state index contributed by atoms with van der Waals surface area (Å²) in [7, 11) is 0. The van der Waals surface area contributed by atoms with Crippen LogP contribution in [0.3, 0.4) is 0 Å². The molecular formula is C19H19N3O2S2. The van der Waals surface area contributed by atoms with Gasteiger partial charge in [0.1, 0.15) is 4.83 Å². The molecule has 0 aliphatic rings. The molecule has 5 nitrogen and oxygen atoms in total. The molecule has 0 aliphatic heterocycles. The molecule has 0 saturated heterocycles. The molecule has 3 rings (SSSR count). The maximum Gasteiger partial charge on any atom is 0.263 e. The number of primary amides is 1. The van der Waals surface area contributed by atoms with Crippen molar-refractivity contribution < 1.29 is 4.79 Å². The van der Waals surface area contributed by atoms with E-state index in [0.29, 0.717) is 28.3 Å². The quantitative estimate of drug-likeness (QED) is 0.382. The number of carbonyl (C=O) groups excluding carboxylic acids is 1. The van der Waals surface area contributed by atoms with Crippen molar-refractivity contribution in [3.05, 3.63) is 59.4 Å². The first-order valence-electron chi connectivity index (χ1n) is 8.21. The van der Waals surface area contributed by atoms with Crippen LogP contribution in [0.15, 0.2) is 59.0 Å². The number of benzene rings is 1. The lowest BCUT2D eigenvalue weighted by Crippen LogP contribution is -2.28. The molecular weight excluding hydrogens is 366 g/mol. The molecule has 0 spiro atoms.